The predicted molar refractivity (Wildman–Crippen MR) is 132 cm³/mol. The molecule has 0 aliphatic heterocycles. The summed E-state index contributed by atoms with van der Waals surface area (Å²) in [4.78, 5) is 46.1. The predicted octanol–water partition coefficient (Wildman–Crippen LogP) is 2.20. The number of carboxylic acid groups (broad SMARTS) is 1. The van der Waals surface area contributed by atoms with Gasteiger partial charge in [-0.1, -0.05) is 18.2 Å². The minimum atomic E-state index is -3.90. The van der Waals surface area contributed by atoms with Crippen molar-refractivity contribution in [2.75, 3.05) is 11.6 Å². The van der Waals surface area contributed by atoms with E-state index in [4.69, 9.17) is 0 Å². The number of sulfone groups is 1. The van der Waals surface area contributed by atoms with Gasteiger partial charge in [0.2, 0.25) is 11.8 Å². The summed E-state index contributed by atoms with van der Waals surface area (Å²) in [5.74, 6) is -3.42. The molecule has 4 aromatic rings. The van der Waals surface area contributed by atoms with Crippen LogP contribution in [0.1, 0.15) is 17.3 Å². The molecule has 194 valence electrons. The lowest BCUT2D eigenvalue weighted by Crippen LogP contribution is -2.19. The van der Waals surface area contributed by atoms with Gasteiger partial charge in [-0.15, -0.1) is 10.2 Å². The van der Waals surface area contributed by atoms with Crippen LogP contribution in [0.15, 0.2) is 68.8 Å². The zero-order chi connectivity index (χ0) is 27.6. The SMILES string of the molecule is CC(=O)Nc1ccccc1-c1c(/N=N/c2c(S(C)(=O)=O)cnn2-c2ncccn2)c(O)[nH]c(=O)c1C(=O)O. The number of hydrogen-bond acceptors (Lipinski definition) is 11. The van der Waals surface area contributed by atoms with Crippen LogP contribution in [0.4, 0.5) is 17.2 Å². The second-order valence-corrected chi connectivity index (χ2v) is 9.68. The standard InChI is InChI=1S/C22H18N8O7S/c1-11(31)26-13-7-4-3-6-12(13)15-16(21(34)35)19(32)27-20(33)17(15)28-29-18-14(38(2,36)37)10-25-30(18)22-23-8-5-9-24-22/h3-10H,1-2H3,(H,26,31)(H,34,35)(H2,27,32,33)/b29-28+. The maximum atomic E-state index is 12.6. The fourth-order valence-electron chi connectivity index (χ4n) is 3.47. The number of carbonyl (C=O) groups excluding carboxylic acids is 1. The zero-order valence-electron chi connectivity index (χ0n) is 19.6. The first-order valence-electron chi connectivity index (χ1n) is 10.6. The first kappa shape index (κ1) is 25.8. The molecule has 3 heterocycles. The molecule has 15 nitrogen and oxygen atoms in total. The van der Waals surface area contributed by atoms with Gasteiger partial charge in [0.15, 0.2) is 21.3 Å². The molecular weight excluding hydrogens is 520 g/mol. The number of aromatic nitrogens is 5. The average Bonchev–Trinajstić information content (AvgIpc) is 3.28. The number of aromatic hydroxyl groups is 1. The molecule has 3 aromatic heterocycles. The van der Waals surface area contributed by atoms with Crippen LogP contribution in [-0.4, -0.2) is 61.5 Å². The Hall–Kier alpha value is -5.25. The summed E-state index contributed by atoms with van der Waals surface area (Å²) in [6.45, 7) is 1.23. The number of anilines is 1. The molecule has 16 heteroatoms. The summed E-state index contributed by atoms with van der Waals surface area (Å²) in [5.41, 5.74) is -2.73. The lowest BCUT2D eigenvalue weighted by Gasteiger charge is -2.14. The Morgan fingerprint density at radius 1 is 1.11 bits per heavy atom. The van der Waals surface area contributed by atoms with E-state index < -0.39 is 44.4 Å². The number of carbonyl (C=O) groups is 2. The normalized spacial score (nSPS) is 11.5. The first-order valence-corrected chi connectivity index (χ1v) is 12.4. The van der Waals surface area contributed by atoms with E-state index in [0.717, 1.165) is 17.1 Å². The van der Waals surface area contributed by atoms with Gasteiger partial charge < -0.3 is 15.5 Å². The van der Waals surface area contributed by atoms with Crippen LogP contribution in [0.3, 0.4) is 0 Å². The average molecular weight is 539 g/mol. The Bertz CT molecular complexity index is 1760. The number of amides is 1. The number of hydrogen-bond donors (Lipinski definition) is 4. The van der Waals surface area contributed by atoms with E-state index in [-0.39, 0.29) is 33.5 Å². The Labute approximate surface area is 213 Å². The number of nitrogens with one attached hydrogen (secondary N) is 2. The molecule has 0 spiro atoms. The smallest absolute Gasteiger partial charge is 0.342 e. The molecule has 1 amide bonds. The molecular formula is C22H18N8O7S. The van der Waals surface area contributed by atoms with E-state index in [1.54, 1.807) is 6.07 Å². The van der Waals surface area contributed by atoms with Gasteiger partial charge >= 0.3 is 5.97 Å². The number of azo groups is 1. The van der Waals surface area contributed by atoms with Gasteiger partial charge in [-0.3, -0.25) is 14.6 Å². The summed E-state index contributed by atoms with van der Waals surface area (Å²) < 4.78 is 25.8. The minimum Gasteiger partial charge on any atom is -0.493 e. The lowest BCUT2D eigenvalue weighted by atomic mass is 9.97. The number of benzene rings is 1. The van der Waals surface area contributed by atoms with Crippen LogP contribution in [-0.2, 0) is 14.6 Å². The van der Waals surface area contributed by atoms with Gasteiger partial charge in [-0.05, 0) is 12.1 Å². The summed E-state index contributed by atoms with van der Waals surface area (Å²) >= 11 is 0. The van der Waals surface area contributed by atoms with Crippen molar-refractivity contribution in [3.63, 3.8) is 0 Å². The van der Waals surface area contributed by atoms with E-state index >= 15 is 0 Å². The summed E-state index contributed by atoms with van der Waals surface area (Å²) in [6.07, 6.45) is 4.68. The van der Waals surface area contributed by atoms with E-state index in [2.05, 4.69) is 30.6 Å². The van der Waals surface area contributed by atoms with Gasteiger partial charge in [0.05, 0.1) is 6.20 Å². The molecule has 4 rings (SSSR count). The number of pyridine rings is 1. The van der Waals surface area contributed by atoms with Crippen LogP contribution in [0.2, 0.25) is 0 Å². The highest BCUT2D eigenvalue weighted by Gasteiger charge is 2.27. The topological polar surface area (TPSA) is 222 Å². The third-order valence-corrected chi connectivity index (χ3v) is 6.08. The monoisotopic (exact) mass is 538 g/mol. The highest BCUT2D eigenvalue weighted by Crippen LogP contribution is 2.42. The summed E-state index contributed by atoms with van der Waals surface area (Å²) in [6, 6.07) is 7.44. The van der Waals surface area contributed by atoms with Gasteiger partial charge in [0, 0.05) is 42.4 Å². The van der Waals surface area contributed by atoms with Crippen molar-refractivity contribution in [2.24, 2.45) is 10.2 Å². The van der Waals surface area contributed by atoms with Gasteiger partial charge in [-0.2, -0.15) is 9.78 Å². The second-order valence-electron chi connectivity index (χ2n) is 7.70. The fraction of sp³-hybridized carbons (Fsp3) is 0.0909. The lowest BCUT2D eigenvalue weighted by molar-refractivity contribution is -0.114. The molecule has 0 fully saturated rings. The van der Waals surface area contributed by atoms with E-state index in [1.165, 1.54) is 43.6 Å². The first-order chi connectivity index (χ1) is 18.0. The molecule has 0 unspecified atom stereocenters. The Morgan fingerprint density at radius 3 is 2.42 bits per heavy atom. The molecule has 0 aliphatic rings. The van der Waals surface area contributed by atoms with Crippen LogP contribution < -0.4 is 10.9 Å². The number of nitrogens with zero attached hydrogens (tertiary/aromatic N) is 6. The van der Waals surface area contributed by atoms with Crippen molar-refractivity contribution in [3.8, 4) is 23.0 Å². The molecule has 38 heavy (non-hydrogen) atoms. The Kier molecular flexibility index (Phi) is 6.81. The third-order valence-electron chi connectivity index (χ3n) is 4.99. The maximum Gasteiger partial charge on any atom is 0.342 e. The molecule has 0 aliphatic carbocycles. The molecule has 4 N–H and O–H groups in total. The van der Waals surface area contributed by atoms with Gasteiger partial charge in [0.1, 0.15) is 10.5 Å². The van der Waals surface area contributed by atoms with Gasteiger partial charge in [0.25, 0.3) is 11.5 Å². The van der Waals surface area contributed by atoms with Crippen LogP contribution in [0.25, 0.3) is 17.1 Å². The molecule has 0 radical (unpaired) electrons. The third kappa shape index (κ3) is 5.00. The van der Waals surface area contributed by atoms with Crippen molar-refractivity contribution < 1.29 is 28.2 Å². The fourth-order valence-corrected chi connectivity index (χ4v) is 4.17. The van der Waals surface area contributed by atoms with Crippen LogP contribution in [0, 0.1) is 0 Å². The van der Waals surface area contributed by atoms with Gasteiger partial charge in [-0.25, -0.2) is 23.2 Å². The number of aromatic amines is 1. The van der Waals surface area contributed by atoms with Crippen molar-refractivity contribution >= 4 is 38.9 Å². The molecule has 0 atom stereocenters. The highest BCUT2D eigenvalue weighted by molar-refractivity contribution is 7.90. The largest absolute Gasteiger partial charge is 0.493 e. The summed E-state index contributed by atoms with van der Waals surface area (Å²) in [5, 5.41) is 34.8. The zero-order valence-corrected chi connectivity index (χ0v) is 20.5. The van der Waals surface area contributed by atoms with Crippen LogP contribution in [0.5, 0.6) is 5.88 Å². The van der Waals surface area contributed by atoms with Crippen molar-refractivity contribution in [3.05, 3.63) is 64.8 Å². The summed E-state index contributed by atoms with van der Waals surface area (Å²) in [7, 11) is -3.90. The Morgan fingerprint density at radius 2 is 1.79 bits per heavy atom. The van der Waals surface area contributed by atoms with Crippen molar-refractivity contribution in [1.29, 1.82) is 0 Å². The van der Waals surface area contributed by atoms with Crippen molar-refractivity contribution in [1.82, 2.24) is 24.7 Å². The molecule has 1 aromatic carbocycles. The van der Waals surface area contributed by atoms with Crippen LogP contribution >= 0.6 is 0 Å². The van der Waals surface area contributed by atoms with Crippen molar-refractivity contribution in [2.45, 2.75) is 11.8 Å². The van der Waals surface area contributed by atoms with E-state index in [0.29, 0.717) is 0 Å². The minimum absolute atomic E-state index is 0.0266. The molecule has 0 saturated heterocycles. The number of aromatic carboxylic acids is 1. The molecule has 0 bridgehead atoms. The number of H-pyrrole nitrogens is 1. The number of carboxylic acids is 1. The van der Waals surface area contributed by atoms with E-state index in [9.17, 15) is 33.0 Å². The highest BCUT2D eigenvalue weighted by atomic mass is 32.2. The Balaban J connectivity index is 2.03. The van der Waals surface area contributed by atoms with E-state index in [1.807, 2.05) is 4.98 Å². The second kappa shape index (κ2) is 10.0. The number of para-hydroxylation sites is 1. The molecule has 0 saturated carbocycles. The number of rotatable bonds is 7. The quantitative estimate of drug-likeness (QED) is 0.251. The maximum absolute atomic E-state index is 12.6.